The molecule has 0 spiro atoms. The van der Waals surface area contributed by atoms with Crippen molar-refractivity contribution in [3.05, 3.63) is 45.7 Å². The van der Waals surface area contributed by atoms with Crippen LogP contribution >= 0.6 is 23.2 Å². The Labute approximate surface area is 121 Å². The molecule has 2 aromatic rings. The Kier molecular flexibility index (Phi) is 4.12. The van der Waals surface area contributed by atoms with Gasteiger partial charge in [-0.05, 0) is 38.1 Å². The summed E-state index contributed by atoms with van der Waals surface area (Å²) >= 11 is 11.8. The quantitative estimate of drug-likeness (QED) is 0.937. The number of amides is 1. The molecule has 0 aliphatic rings. The van der Waals surface area contributed by atoms with Gasteiger partial charge in [-0.3, -0.25) is 9.48 Å². The van der Waals surface area contributed by atoms with Crippen LogP contribution in [0.25, 0.3) is 0 Å². The molecule has 100 valence electrons. The van der Waals surface area contributed by atoms with E-state index in [0.717, 1.165) is 5.69 Å². The second kappa shape index (κ2) is 5.63. The molecule has 1 heterocycles. The first kappa shape index (κ1) is 13.9. The summed E-state index contributed by atoms with van der Waals surface area (Å²) in [5.74, 6) is -0.244. The SMILES string of the molecule is CCn1nc(C)cc1C(=O)Nc1ccc(Cl)cc1Cl. The lowest BCUT2D eigenvalue weighted by molar-refractivity contribution is 0.101. The molecule has 6 heteroatoms. The number of anilines is 1. The van der Waals surface area contributed by atoms with Crippen molar-refractivity contribution in [2.24, 2.45) is 0 Å². The Morgan fingerprint density at radius 2 is 2.11 bits per heavy atom. The summed E-state index contributed by atoms with van der Waals surface area (Å²) in [6.45, 7) is 4.40. The van der Waals surface area contributed by atoms with E-state index in [-0.39, 0.29) is 5.91 Å². The summed E-state index contributed by atoms with van der Waals surface area (Å²) in [5, 5.41) is 7.91. The normalized spacial score (nSPS) is 10.5. The molecule has 0 saturated carbocycles. The number of aromatic nitrogens is 2. The number of hydrogen-bond donors (Lipinski definition) is 1. The summed E-state index contributed by atoms with van der Waals surface area (Å²) < 4.78 is 1.65. The summed E-state index contributed by atoms with van der Waals surface area (Å²) in [4.78, 5) is 12.2. The van der Waals surface area contributed by atoms with Crippen LogP contribution in [0.5, 0.6) is 0 Å². The monoisotopic (exact) mass is 297 g/mol. The van der Waals surface area contributed by atoms with Crippen LogP contribution in [0.4, 0.5) is 5.69 Å². The lowest BCUT2D eigenvalue weighted by atomic mass is 10.3. The van der Waals surface area contributed by atoms with Gasteiger partial charge >= 0.3 is 0 Å². The molecule has 0 fully saturated rings. The van der Waals surface area contributed by atoms with Crippen LogP contribution in [-0.4, -0.2) is 15.7 Å². The number of rotatable bonds is 3. The second-order valence-corrected chi connectivity index (χ2v) is 4.91. The molecule has 0 aliphatic carbocycles. The minimum absolute atomic E-state index is 0.244. The van der Waals surface area contributed by atoms with Crippen molar-refractivity contribution in [1.82, 2.24) is 9.78 Å². The molecule has 0 unspecified atom stereocenters. The van der Waals surface area contributed by atoms with Gasteiger partial charge in [0.1, 0.15) is 5.69 Å². The Morgan fingerprint density at radius 3 is 2.74 bits per heavy atom. The van der Waals surface area contributed by atoms with E-state index < -0.39 is 0 Å². The smallest absolute Gasteiger partial charge is 0.273 e. The Bertz CT molecular complexity index is 622. The number of hydrogen-bond acceptors (Lipinski definition) is 2. The Morgan fingerprint density at radius 1 is 1.37 bits per heavy atom. The zero-order chi connectivity index (χ0) is 14.0. The molecule has 1 aromatic heterocycles. The van der Waals surface area contributed by atoms with Crippen LogP contribution in [0.15, 0.2) is 24.3 Å². The Balaban J connectivity index is 2.25. The lowest BCUT2D eigenvalue weighted by Crippen LogP contribution is -2.17. The predicted molar refractivity (Wildman–Crippen MR) is 77.1 cm³/mol. The van der Waals surface area contributed by atoms with E-state index in [1.165, 1.54) is 0 Å². The highest BCUT2D eigenvalue weighted by atomic mass is 35.5. The third kappa shape index (κ3) is 3.08. The molecule has 1 amide bonds. The molecular weight excluding hydrogens is 285 g/mol. The number of aryl methyl sites for hydroxylation is 2. The molecule has 1 N–H and O–H groups in total. The van der Waals surface area contributed by atoms with Crippen molar-refractivity contribution in [1.29, 1.82) is 0 Å². The molecule has 0 atom stereocenters. The van der Waals surface area contributed by atoms with Crippen LogP contribution in [0, 0.1) is 6.92 Å². The van der Waals surface area contributed by atoms with E-state index >= 15 is 0 Å². The van der Waals surface area contributed by atoms with Gasteiger partial charge in [-0.25, -0.2) is 0 Å². The molecule has 0 radical (unpaired) electrons. The van der Waals surface area contributed by atoms with Gasteiger partial charge in [-0.1, -0.05) is 23.2 Å². The highest BCUT2D eigenvalue weighted by molar-refractivity contribution is 6.36. The summed E-state index contributed by atoms with van der Waals surface area (Å²) in [6, 6.07) is 6.66. The third-order valence-electron chi connectivity index (χ3n) is 2.61. The fourth-order valence-corrected chi connectivity index (χ4v) is 2.20. The zero-order valence-corrected chi connectivity index (χ0v) is 12.1. The van der Waals surface area contributed by atoms with E-state index in [4.69, 9.17) is 23.2 Å². The predicted octanol–water partition coefficient (Wildman–Crippen LogP) is 3.77. The number of carbonyl (C=O) groups excluding carboxylic acids is 1. The summed E-state index contributed by atoms with van der Waals surface area (Å²) in [6.07, 6.45) is 0. The minimum atomic E-state index is -0.244. The first-order valence-corrected chi connectivity index (χ1v) is 6.57. The minimum Gasteiger partial charge on any atom is -0.319 e. The van der Waals surface area contributed by atoms with Gasteiger partial charge in [0.05, 0.1) is 16.4 Å². The third-order valence-corrected chi connectivity index (χ3v) is 3.16. The van der Waals surface area contributed by atoms with Crippen LogP contribution in [0.3, 0.4) is 0 Å². The second-order valence-electron chi connectivity index (χ2n) is 4.07. The van der Waals surface area contributed by atoms with E-state index in [9.17, 15) is 4.79 Å². The number of nitrogens with zero attached hydrogens (tertiary/aromatic N) is 2. The molecule has 19 heavy (non-hydrogen) atoms. The van der Waals surface area contributed by atoms with E-state index in [0.29, 0.717) is 28.0 Å². The van der Waals surface area contributed by atoms with E-state index in [1.54, 1.807) is 28.9 Å². The summed E-state index contributed by atoms with van der Waals surface area (Å²) in [7, 11) is 0. The fourth-order valence-electron chi connectivity index (χ4n) is 1.75. The number of nitrogens with one attached hydrogen (secondary N) is 1. The van der Waals surface area contributed by atoms with Crippen LogP contribution in [0.2, 0.25) is 10.0 Å². The van der Waals surface area contributed by atoms with Gasteiger partial charge in [0.2, 0.25) is 0 Å². The van der Waals surface area contributed by atoms with Gasteiger partial charge < -0.3 is 5.32 Å². The first-order chi connectivity index (χ1) is 9.01. The van der Waals surface area contributed by atoms with Gasteiger partial charge in [-0.2, -0.15) is 5.10 Å². The molecule has 0 bridgehead atoms. The van der Waals surface area contributed by atoms with Gasteiger partial charge in [-0.15, -0.1) is 0 Å². The number of carbonyl (C=O) groups is 1. The van der Waals surface area contributed by atoms with Crippen molar-refractivity contribution in [3.63, 3.8) is 0 Å². The molecule has 2 rings (SSSR count). The maximum atomic E-state index is 12.2. The van der Waals surface area contributed by atoms with Gasteiger partial charge in [0.15, 0.2) is 0 Å². The highest BCUT2D eigenvalue weighted by Gasteiger charge is 2.14. The number of benzene rings is 1. The molecule has 4 nitrogen and oxygen atoms in total. The zero-order valence-electron chi connectivity index (χ0n) is 10.6. The van der Waals surface area contributed by atoms with E-state index in [2.05, 4.69) is 10.4 Å². The van der Waals surface area contributed by atoms with Crippen molar-refractivity contribution in [3.8, 4) is 0 Å². The highest BCUT2D eigenvalue weighted by Crippen LogP contribution is 2.25. The van der Waals surface area contributed by atoms with Crippen LogP contribution in [-0.2, 0) is 6.54 Å². The topological polar surface area (TPSA) is 46.9 Å². The summed E-state index contributed by atoms with van der Waals surface area (Å²) in [5.41, 5.74) is 1.83. The van der Waals surface area contributed by atoms with Crippen molar-refractivity contribution < 1.29 is 4.79 Å². The van der Waals surface area contributed by atoms with Crippen LogP contribution in [0.1, 0.15) is 23.1 Å². The molecule has 0 saturated heterocycles. The first-order valence-electron chi connectivity index (χ1n) is 5.82. The maximum absolute atomic E-state index is 12.2. The largest absolute Gasteiger partial charge is 0.319 e. The number of halogens is 2. The van der Waals surface area contributed by atoms with Crippen molar-refractivity contribution in [2.45, 2.75) is 20.4 Å². The Hall–Kier alpha value is -1.52. The van der Waals surface area contributed by atoms with E-state index in [1.807, 2.05) is 13.8 Å². The molecule has 1 aromatic carbocycles. The molecule has 0 aliphatic heterocycles. The van der Waals surface area contributed by atoms with Crippen molar-refractivity contribution in [2.75, 3.05) is 5.32 Å². The molecular formula is C13H13Cl2N3O. The fraction of sp³-hybridized carbons (Fsp3) is 0.231. The maximum Gasteiger partial charge on any atom is 0.273 e. The van der Waals surface area contributed by atoms with Crippen molar-refractivity contribution >= 4 is 34.8 Å². The standard InChI is InChI=1S/C13H13Cl2N3O/c1-3-18-12(6-8(2)17-18)13(19)16-11-5-4-9(14)7-10(11)15/h4-7H,3H2,1-2H3,(H,16,19). The van der Waals surface area contributed by atoms with Gasteiger partial charge in [0, 0.05) is 11.6 Å². The van der Waals surface area contributed by atoms with Gasteiger partial charge in [0.25, 0.3) is 5.91 Å². The van der Waals surface area contributed by atoms with Crippen LogP contribution < -0.4 is 5.32 Å². The average Bonchev–Trinajstić information content (AvgIpc) is 2.74. The lowest BCUT2D eigenvalue weighted by Gasteiger charge is -2.08. The average molecular weight is 298 g/mol.